The van der Waals surface area contributed by atoms with E-state index < -0.39 is 0 Å². The molecule has 1 fully saturated rings. The molecule has 0 bridgehead atoms. The minimum absolute atomic E-state index is 0.946. The van der Waals surface area contributed by atoms with Crippen molar-refractivity contribution in [3.63, 3.8) is 0 Å². The fourth-order valence-corrected chi connectivity index (χ4v) is 3.71. The van der Waals surface area contributed by atoms with Crippen LogP contribution in [0.25, 0.3) is 5.52 Å². The van der Waals surface area contributed by atoms with Crippen LogP contribution in [0.2, 0.25) is 0 Å². The summed E-state index contributed by atoms with van der Waals surface area (Å²) in [6, 6.07) is 2.10. The number of anilines is 1. The SMILES string of the molecule is Cc1cc2c(N3CCN(Cc4csc(C)n4)CC3)nccn2n1. The van der Waals surface area contributed by atoms with E-state index in [9.17, 15) is 0 Å². The first kappa shape index (κ1) is 14.6. The zero-order valence-electron chi connectivity index (χ0n) is 13.4. The van der Waals surface area contributed by atoms with Gasteiger partial charge in [0, 0.05) is 50.5 Å². The molecule has 3 aromatic rings. The number of piperazine rings is 1. The van der Waals surface area contributed by atoms with Crippen molar-refractivity contribution in [3.05, 3.63) is 40.2 Å². The standard InChI is InChI=1S/C16H20N6S/c1-12-9-15-16(17-3-4-22(15)19-12)21-7-5-20(6-8-21)10-14-11-23-13(2)18-14/h3-4,9,11H,5-8,10H2,1-2H3. The summed E-state index contributed by atoms with van der Waals surface area (Å²) in [6.45, 7) is 9.07. The summed E-state index contributed by atoms with van der Waals surface area (Å²) in [5.41, 5.74) is 3.30. The van der Waals surface area contributed by atoms with Gasteiger partial charge in [0.05, 0.1) is 16.4 Å². The molecule has 23 heavy (non-hydrogen) atoms. The van der Waals surface area contributed by atoms with Gasteiger partial charge in [0.2, 0.25) is 0 Å². The first-order valence-electron chi connectivity index (χ1n) is 7.88. The Morgan fingerprint density at radius 3 is 2.74 bits per heavy atom. The lowest BCUT2D eigenvalue weighted by molar-refractivity contribution is 0.247. The van der Waals surface area contributed by atoms with Crippen molar-refractivity contribution < 1.29 is 0 Å². The van der Waals surface area contributed by atoms with Gasteiger partial charge in [-0.25, -0.2) is 14.5 Å². The molecule has 0 spiro atoms. The summed E-state index contributed by atoms with van der Waals surface area (Å²) in [5, 5.41) is 7.78. The number of rotatable bonds is 3. The van der Waals surface area contributed by atoms with Gasteiger partial charge < -0.3 is 4.90 Å². The monoisotopic (exact) mass is 328 g/mol. The molecular weight excluding hydrogens is 308 g/mol. The summed E-state index contributed by atoms with van der Waals surface area (Å²) < 4.78 is 1.92. The van der Waals surface area contributed by atoms with Gasteiger partial charge in [-0.1, -0.05) is 0 Å². The second-order valence-electron chi connectivity index (χ2n) is 5.99. The summed E-state index contributed by atoms with van der Waals surface area (Å²) in [5.74, 6) is 1.04. The van der Waals surface area contributed by atoms with E-state index in [1.807, 2.05) is 23.8 Å². The van der Waals surface area contributed by atoms with E-state index in [1.165, 1.54) is 5.69 Å². The Morgan fingerprint density at radius 1 is 1.17 bits per heavy atom. The molecule has 1 saturated heterocycles. The lowest BCUT2D eigenvalue weighted by Gasteiger charge is -2.35. The van der Waals surface area contributed by atoms with Gasteiger partial charge in [-0.15, -0.1) is 11.3 Å². The first-order chi connectivity index (χ1) is 11.2. The highest BCUT2D eigenvalue weighted by Gasteiger charge is 2.20. The molecule has 0 amide bonds. The quantitative estimate of drug-likeness (QED) is 0.737. The van der Waals surface area contributed by atoms with E-state index in [0.29, 0.717) is 0 Å². The third-order valence-corrected chi connectivity index (χ3v) is 5.04. The highest BCUT2D eigenvalue weighted by atomic mass is 32.1. The topological polar surface area (TPSA) is 49.6 Å². The van der Waals surface area contributed by atoms with E-state index in [0.717, 1.165) is 54.8 Å². The van der Waals surface area contributed by atoms with Gasteiger partial charge >= 0.3 is 0 Å². The Kier molecular flexibility index (Phi) is 3.74. The molecule has 4 heterocycles. The fourth-order valence-electron chi connectivity index (χ4n) is 3.10. The molecule has 0 aliphatic carbocycles. The maximum absolute atomic E-state index is 4.59. The highest BCUT2D eigenvalue weighted by Crippen LogP contribution is 2.21. The molecule has 0 aromatic carbocycles. The summed E-state index contributed by atoms with van der Waals surface area (Å²) >= 11 is 1.73. The van der Waals surface area contributed by atoms with Crippen LogP contribution in [0.15, 0.2) is 23.8 Å². The highest BCUT2D eigenvalue weighted by molar-refractivity contribution is 7.09. The summed E-state index contributed by atoms with van der Waals surface area (Å²) in [4.78, 5) is 14.0. The van der Waals surface area contributed by atoms with Gasteiger partial charge in [0.15, 0.2) is 5.82 Å². The summed E-state index contributed by atoms with van der Waals surface area (Å²) in [7, 11) is 0. The Hall–Kier alpha value is -1.99. The molecule has 0 radical (unpaired) electrons. The maximum Gasteiger partial charge on any atom is 0.154 e. The predicted octanol–water partition coefficient (Wildman–Crippen LogP) is 2.12. The molecule has 0 N–H and O–H groups in total. The van der Waals surface area contributed by atoms with E-state index in [1.54, 1.807) is 11.3 Å². The average molecular weight is 328 g/mol. The normalized spacial score (nSPS) is 16.3. The molecule has 7 heteroatoms. The second kappa shape index (κ2) is 5.90. The van der Waals surface area contributed by atoms with E-state index >= 15 is 0 Å². The molecule has 3 aromatic heterocycles. The van der Waals surface area contributed by atoms with Gasteiger partial charge in [0.1, 0.15) is 5.52 Å². The molecule has 4 rings (SSSR count). The lowest BCUT2D eigenvalue weighted by Crippen LogP contribution is -2.46. The van der Waals surface area contributed by atoms with Gasteiger partial charge in [-0.3, -0.25) is 4.90 Å². The third kappa shape index (κ3) is 2.94. The zero-order valence-corrected chi connectivity index (χ0v) is 14.3. The molecular formula is C16H20N6S. The summed E-state index contributed by atoms with van der Waals surface area (Å²) in [6.07, 6.45) is 3.74. The Morgan fingerprint density at radius 2 is 2.00 bits per heavy atom. The molecule has 1 aliphatic heterocycles. The van der Waals surface area contributed by atoms with E-state index in [4.69, 9.17) is 0 Å². The number of aryl methyl sites for hydroxylation is 2. The molecule has 6 nitrogen and oxygen atoms in total. The van der Waals surface area contributed by atoms with Crippen LogP contribution in [0.5, 0.6) is 0 Å². The van der Waals surface area contributed by atoms with Crippen LogP contribution in [0, 0.1) is 13.8 Å². The van der Waals surface area contributed by atoms with Gasteiger partial charge in [-0.2, -0.15) is 5.10 Å². The van der Waals surface area contributed by atoms with Crippen molar-refractivity contribution in [1.82, 2.24) is 24.5 Å². The van der Waals surface area contributed by atoms with Crippen LogP contribution < -0.4 is 4.90 Å². The Bertz CT molecular complexity index is 815. The third-order valence-electron chi connectivity index (χ3n) is 4.22. The van der Waals surface area contributed by atoms with Gasteiger partial charge in [0.25, 0.3) is 0 Å². The molecule has 1 aliphatic rings. The Balaban J connectivity index is 1.46. The van der Waals surface area contributed by atoms with Crippen LogP contribution >= 0.6 is 11.3 Å². The van der Waals surface area contributed by atoms with E-state index in [-0.39, 0.29) is 0 Å². The van der Waals surface area contributed by atoms with Crippen molar-refractivity contribution in [2.45, 2.75) is 20.4 Å². The number of hydrogen-bond acceptors (Lipinski definition) is 6. The fraction of sp³-hybridized carbons (Fsp3) is 0.438. The lowest BCUT2D eigenvalue weighted by atomic mass is 10.3. The van der Waals surface area contributed by atoms with Crippen molar-refractivity contribution in [3.8, 4) is 0 Å². The number of thiazole rings is 1. The molecule has 120 valence electrons. The molecule has 0 unspecified atom stereocenters. The number of nitrogens with zero attached hydrogens (tertiary/aromatic N) is 6. The van der Waals surface area contributed by atoms with Gasteiger partial charge in [-0.05, 0) is 19.9 Å². The maximum atomic E-state index is 4.59. The zero-order chi connectivity index (χ0) is 15.8. The number of hydrogen-bond donors (Lipinski definition) is 0. The minimum atomic E-state index is 0.946. The van der Waals surface area contributed by atoms with Crippen LogP contribution in [-0.2, 0) is 6.54 Å². The molecule has 0 atom stereocenters. The van der Waals surface area contributed by atoms with E-state index in [2.05, 4.69) is 43.2 Å². The van der Waals surface area contributed by atoms with Crippen molar-refractivity contribution in [2.75, 3.05) is 31.1 Å². The second-order valence-corrected chi connectivity index (χ2v) is 7.05. The molecule has 0 saturated carbocycles. The van der Waals surface area contributed by atoms with Crippen molar-refractivity contribution in [2.24, 2.45) is 0 Å². The number of fused-ring (bicyclic) bond motifs is 1. The van der Waals surface area contributed by atoms with Crippen LogP contribution in [0.4, 0.5) is 5.82 Å². The predicted molar refractivity (Wildman–Crippen MR) is 92.1 cm³/mol. The minimum Gasteiger partial charge on any atom is -0.352 e. The van der Waals surface area contributed by atoms with Crippen LogP contribution in [-0.4, -0.2) is 50.7 Å². The smallest absolute Gasteiger partial charge is 0.154 e. The van der Waals surface area contributed by atoms with Crippen LogP contribution in [0.1, 0.15) is 16.4 Å². The Labute approximate surface area is 139 Å². The van der Waals surface area contributed by atoms with Crippen LogP contribution in [0.3, 0.4) is 0 Å². The number of aromatic nitrogens is 4. The van der Waals surface area contributed by atoms with Crippen molar-refractivity contribution in [1.29, 1.82) is 0 Å². The first-order valence-corrected chi connectivity index (χ1v) is 8.76. The average Bonchev–Trinajstić information content (AvgIpc) is 3.12. The van der Waals surface area contributed by atoms with Crippen molar-refractivity contribution >= 4 is 22.7 Å². The largest absolute Gasteiger partial charge is 0.352 e.